The number of rotatable bonds is 6. The summed E-state index contributed by atoms with van der Waals surface area (Å²) < 4.78 is 11.4. The number of hydrogen-bond acceptors (Lipinski definition) is 3. The summed E-state index contributed by atoms with van der Waals surface area (Å²) in [5.74, 6) is 1.51. The minimum absolute atomic E-state index is 0.0397. The van der Waals surface area contributed by atoms with Crippen LogP contribution in [0, 0.1) is 13.8 Å². The molecule has 2 aromatic rings. The van der Waals surface area contributed by atoms with E-state index in [4.69, 9.17) is 9.47 Å². The van der Waals surface area contributed by atoms with Gasteiger partial charge in [-0.15, -0.1) is 0 Å². The quantitative estimate of drug-likeness (QED) is 0.767. The predicted molar refractivity (Wildman–Crippen MR) is 91.4 cm³/mol. The van der Waals surface area contributed by atoms with Crippen molar-refractivity contribution in [3.8, 4) is 11.5 Å². The number of carbonyl (C=O) groups is 1. The molecule has 0 spiro atoms. The Balaban J connectivity index is 1.88. The zero-order valence-corrected chi connectivity index (χ0v) is 14.1. The topological polar surface area (TPSA) is 38.8 Å². The molecule has 0 N–H and O–H groups in total. The zero-order chi connectivity index (χ0) is 16.8. The lowest BCUT2D eigenvalue weighted by atomic mass is 10.1. The molecule has 1 amide bonds. The van der Waals surface area contributed by atoms with Crippen LogP contribution in [0.5, 0.6) is 11.5 Å². The number of hydrogen-bond donors (Lipinski definition) is 0. The second-order valence-electron chi connectivity index (χ2n) is 5.69. The highest BCUT2D eigenvalue weighted by Crippen LogP contribution is 2.19. The Morgan fingerprint density at radius 2 is 1.74 bits per heavy atom. The van der Waals surface area contributed by atoms with Gasteiger partial charge in [0.2, 0.25) is 0 Å². The number of carbonyl (C=O) groups excluding carboxylic acids is 1. The summed E-state index contributed by atoms with van der Waals surface area (Å²) in [6.45, 7) is 4.94. The molecule has 0 fully saturated rings. The second-order valence-corrected chi connectivity index (χ2v) is 5.69. The van der Waals surface area contributed by atoms with Crippen molar-refractivity contribution in [3.63, 3.8) is 0 Å². The molecule has 0 aliphatic heterocycles. The molecule has 0 atom stereocenters. The Morgan fingerprint density at radius 1 is 1.00 bits per heavy atom. The summed E-state index contributed by atoms with van der Waals surface area (Å²) in [7, 11) is 3.46. The molecule has 23 heavy (non-hydrogen) atoms. The Bertz CT molecular complexity index is 680. The normalized spacial score (nSPS) is 10.3. The second kappa shape index (κ2) is 7.68. The van der Waals surface area contributed by atoms with E-state index in [0.29, 0.717) is 24.5 Å². The summed E-state index contributed by atoms with van der Waals surface area (Å²) in [5.41, 5.74) is 2.89. The lowest BCUT2D eigenvalue weighted by molar-refractivity contribution is 0.0827. The molecule has 0 bridgehead atoms. The molecule has 0 aliphatic rings. The Morgan fingerprint density at radius 3 is 2.48 bits per heavy atom. The van der Waals surface area contributed by atoms with Crippen molar-refractivity contribution in [2.75, 3.05) is 27.3 Å². The van der Waals surface area contributed by atoms with Crippen LogP contribution >= 0.6 is 0 Å². The molecule has 0 aromatic heterocycles. The van der Waals surface area contributed by atoms with Gasteiger partial charge >= 0.3 is 0 Å². The number of aryl methyl sites for hydroxylation is 2. The minimum Gasteiger partial charge on any atom is -0.490 e. The van der Waals surface area contributed by atoms with Crippen LogP contribution in [-0.4, -0.2) is 38.1 Å². The predicted octanol–water partition coefficient (Wildman–Crippen LogP) is 3.46. The van der Waals surface area contributed by atoms with Crippen LogP contribution < -0.4 is 9.47 Å². The largest absolute Gasteiger partial charge is 0.490 e. The fourth-order valence-corrected chi connectivity index (χ4v) is 2.15. The number of nitrogens with zero attached hydrogens (tertiary/aromatic N) is 1. The van der Waals surface area contributed by atoms with E-state index in [1.807, 2.05) is 38.1 Å². The van der Waals surface area contributed by atoms with Gasteiger partial charge in [-0.05, 0) is 49.2 Å². The Labute approximate surface area is 137 Å². The van der Waals surface area contributed by atoms with Gasteiger partial charge in [0.05, 0.1) is 0 Å². The summed E-state index contributed by atoms with van der Waals surface area (Å²) in [5, 5.41) is 0. The number of benzene rings is 2. The van der Waals surface area contributed by atoms with Crippen LogP contribution in [0.4, 0.5) is 0 Å². The maximum Gasteiger partial charge on any atom is 0.253 e. The highest BCUT2D eigenvalue weighted by molar-refractivity contribution is 5.94. The molecule has 0 saturated heterocycles. The Hall–Kier alpha value is -2.49. The lowest BCUT2D eigenvalue weighted by Gasteiger charge is -2.13. The monoisotopic (exact) mass is 313 g/mol. The zero-order valence-electron chi connectivity index (χ0n) is 14.1. The maximum atomic E-state index is 11.9. The SMILES string of the molecule is Cc1ccc(C)c(OCCOc2cccc(C(=O)N(C)C)c2)c1. The van der Waals surface area contributed by atoms with Gasteiger partial charge in [-0.2, -0.15) is 0 Å². The first-order chi connectivity index (χ1) is 11.0. The molecule has 0 aliphatic carbocycles. The first-order valence-electron chi connectivity index (χ1n) is 7.62. The third-order valence-corrected chi connectivity index (χ3v) is 3.44. The van der Waals surface area contributed by atoms with E-state index in [1.54, 1.807) is 31.1 Å². The van der Waals surface area contributed by atoms with E-state index >= 15 is 0 Å². The summed E-state index contributed by atoms with van der Waals surface area (Å²) in [6, 6.07) is 13.3. The average molecular weight is 313 g/mol. The summed E-state index contributed by atoms with van der Waals surface area (Å²) in [4.78, 5) is 13.5. The fourth-order valence-electron chi connectivity index (χ4n) is 2.15. The van der Waals surface area contributed by atoms with Crippen molar-refractivity contribution in [3.05, 3.63) is 59.2 Å². The maximum absolute atomic E-state index is 11.9. The molecule has 2 rings (SSSR count). The van der Waals surface area contributed by atoms with Crippen LogP contribution in [-0.2, 0) is 0 Å². The van der Waals surface area contributed by atoms with E-state index < -0.39 is 0 Å². The fraction of sp³-hybridized carbons (Fsp3) is 0.316. The number of ether oxygens (including phenoxy) is 2. The van der Waals surface area contributed by atoms with Gasteiger partial charge in [0.15, 0.2) is 0 Å². The van der Waals surface area contributed by atoms with E-state index in [-0.39, 0.29) is 5.91 Å². The highest BCUT2D eigenvalue weighted by atomic mass is 16.5. The van der Waals surface area contributed by atoms with Crippen molar-refractivity contribution in [2.45, 2.75) is 13.8 Å². The lowest BCUT2D eigenvalue weighted by Crippen LogP contribution is -2.21. The average Bonchev–Trinajstić information content (AvgIpc) is 2.54. The third kappa shape index (κ3) is 4.74. The highest BCUT2D eigenvalue weighted by Gasteiger charge is 2.08. The van der Waals surface area contributed by atoms with Crippen LogP contribution in [0.2, 0.25) is 0 Å². The molecule has 4 heteroatoms. The summed E-state index contributed by atoms with van der Waals surface area (Å²) >= 11 is 0. The van der Waals surface area contributed by atoms with Gasteiger partial charge in [0, 0.05) is 19.7 Å². The molecule has 0 radical (unpaired) electrons. The first kappa shape index (κ1) is 16.9. The first-order valence-corrected chi connectivity index (χ1v) is 7.62. The van der Waals surface area contributed by atoms with E-state index in [0.717, 1.165) is 11.3 Å². The van der Waals surface area contributed by atoms with Crippen LogP contribution in [0.25, 0.3) is 0 Å². The van der Waals surface area contributed by atoms with E-state index in [1.165, 1.54) is 5.56 Å². The van der Waals surface area contributed by atoms with Gasteiger partial charge in [0.1, 0.15) is 24.7 Å². The van der Waals surface area contributed by atoms with Crippen LogP contribution in [0.1, 0.15) is 21.5 Å². The van der Waals surface area contributed by atoms with E-state index in [9.17, 15) is 4.79 Å². The van der Waals surface area contributed by atoms with Gasteiger partial charge in [-0.25, -0.2) is 0 Å². The van der Waals surface area contributed by atoms with Crippen molar-refractivity contribution in [1.29, 1.82) is 0 Å². The minimum atomic E-state index is -0.0397. The van der Waals surface area contributed by atoms with Gasteiger partial charge in [0.25, 0.3) is 5.91 Å². The van der Waals surface area contributed by atoms with Crippen LogP contribution in [0.15, 0.2) is 42.5 Å². The molecular weight excluding hydrogens is 290 g/mol. The molecule has 0 unspecified atom stereocenters. The van der Waals surface area contributed by atoms with Crippen LogP contribution in [0.3, 0.4) is 0 Å². The molecular formula is C19H23NO3. The molecule has 0 heterocycles. The molecule has 4 nitrogen and oxygen atoms in total. The number of amides is 1. The Kier molecular flexibility index (Phi) is 5.63. The molecule has 2 aromatic carbocycles. The van der Waals surface area contributed by atoms with Gasteiger partial charge in [-0.3, -0.25) is 4.79 Å². The van der Waals surface area contributed by atoms with Crippen molar-refractivity contribution in [1.82, 2.24) is 4.90 Å². The van der Waals surface area contributed by atoms with Crippen molar-refractivity contribution < 1.29 is 14.3 Å². The summed E-state index contributed by atoms with van der Waals surface area (Å²) in [6.07, 6.45) is 0. The molecule has 0 saturated carbocycles. The third-order valence-electron chi connectivity index (χ3n) is 3.44. The smallest absolute Gasteiger partial charge is 0.253 e. The molecule has 122 valence electrons. The van der Waals surface area contributed by atoms with Gasteiger partial charge in [-0.1, -0.05) is 18.2 Å². The van der Waals surface area contributed by atoms with Crippen molar-refractivity contribution >= 4 is 5.91 Å². The van der Waals surface area contributed by atoms with Crippen molar-refractivity contribution in [2.24, 2.45) is 0 Å². The standard InChI is InChI=1S/C19H23NO3/c1-14-8-9-15(2)18(12-14)23-11-10-22-17-7-5-6-16(13-17)19(21)20(3)4/h5-9,12-13H,10-11H2,1-4H3. The van der Waals surface area contributed by atoms with Gasteiger partial charge < -0.3 is 14.4 Å². The van der Waals surface area contributed by atoms with E-state index in [2.05, 4.69) is 6.07 Å².